The minimum atomic E-state index is -0.0503. The van der Waals surface area contributed by atoms with Crippen LogP contribution in [0.2, 0.25) is 0 Å². The number of rotatable bonds is 8. The van der Waals surface area contributed by atoms with Gasteiger partial charge in [-0.2, -0.15) is 0 Å². The summed E-state index contributed by atoms with van der Waals surface area (Å²) in [5.74, 6) is 1.28. The highest BCUT2D eigenvalue weighted by atomic mass is 32.1. The molecule has 5 nitrogen and oxygen atoms in total. The number of carbonyl (C=O) groups excluding carboxylic acids is 2. The molecule has 1 aromatic carbocycles. The van der Waals surface area contributed by atoms with Gasteiger partial charge in [0.15, 0.2) is 5.78 Å². The molecule has 1 aromatic heterocycles. The molecular formula is C20H24N2O3S. The highest BCUT2D eigenvalue weighted by Gasteiger charge is 2.24. The van der Waals surface area contributed by atoms with Crippen molar-refractivity contribution in [2.45, 2.75) is 19.3 Å². The van der Waals surface area contributed by atoms with E-state index in [2.05, 4.69) is 16.3 Å². The number of Topliss-reactive ketones (excluding diaryl/α,β-unsaturated/α-hetero) is 1. The van der Waals surface area contributed by atoms with Crippen LogP contribution in [0, 0.1) is 5.92 Å². The van der Waals surface area contributed by atoms with E-state index >= 15 is 0 Å². The molecule has 0 radical (unpaired) electrons. The van der Waals surface area contributed by atoms with Gasteiger partial charge < -0.3 is 15.0 Å². The Morgan fingerprint density at radius 1 is 1.23 bits per heavy atom. The SMILES string of the molecule is COc1ccccc1N1CCC(CNC(=O)CCC(=O)c2cccs2)C1. The number of thiophene rings is 1. The first-order chi connectivity index (χ1) is 12.7. The van der Waals surface area contributed by atoms with Gasteiger partial charge in [-0.05, 0) is 35.9 Å². The molecule has 138 valence electrons. The van der Waals surface area contributed by atoms with Gasteiger partial charge in [-0.25, -0.2) is 0 Å². The standard InChI is InChI=1S/C20H24N2O3S/c1-25-18-6-3-2-5-16(18)22-11-10-15(14-22)13-21-20(24)9-8-17(23)19-7-4-12-26-19/h2-7,12,15H,8-11,13-14H2,1H3,(H,21,24). The van der Waals surface area contributed by atoms with E-state index in [0.29, 0.717) is 12.5 Å². The molecule has 1 fully saturated rings. The number of anilines is 1. The Kier molecular flexibility index (Phi) is 6.28. The first kappa shape index (κ1) is 18.5. The quantitative estimate of drug-likeness (QED) is 0.722. The van der Waals surface area contributed by atoms with Crippen molar-refractivity contribution in [3.63, 3.8) is 0 Å². The smallest absolute Gasteiger partial charge is 0.220 e. The molecule has 3 rings (SSSR count). The number of ketones is 1. The predicted octanol–water partition coefficient (Wildman–Crippen LogP) is 3.36. The normalized spacial score (nSPS) is 16.5. The number of nitrogens with one attached hydrogen (secondary N) is 1. The van der Waals surface area contributed by atoms with Crippen LogP contribution in [0.3, 0.4) is 0 Å². The molecule has 0 aliphatic carbocycles. The molecule has 0 spiro atoms. The molecule has 1 N–H and O–H groups in total. The average molecular weight is 372 g/mol. The van der Waals surface area contributed by atoms with Crippen LogP contribution in [0.5, 0.6) is 5.75 Å². The zero-order valence-corrected chi connectivity index (χ0v) is 15.8. The van der Waals surface area contributed by atoms with Crippen LogP contribution in [0.25, 0.3) is 0 Å². The summed E-state index contributed by atoms with van der Waals surface area (Å²) < 4.78 is 5.43. The highest BCUT2D eigenvalue weighted by molar-refractivity contribution is 7.12. The van der Waals surface area contributed by atoms with Crippen LogP contribution in [-0.2, 0) is 4.79 Å². The summed E-state index contributed by atoms with van der Waals surface area (Å²) in [5.41, 5.74) is 1.10. The summed E-state index contributed by atoms with van der Waals surface area (Å²) in [4.78, 5) is 27.0. The Bertz CT molecular complexity index is 745. The van der Waals surface area contributed by atoms with Crippen LogP contribution in [0.4, 0.5) is 5.69 Å². The van der Waals surface area contributed by atoms with Crippen molar-refractivity contribution in [1.29, 1.82) is 0 Å². The third-order valence-electron chi connectivity index (χ3n) is 4.67. The van der Waals surface area contributed by atoms with Gasteiger partial charge >= 0.3 is 0 Å². The van der Waals surface area contributed by atoms with Gasteiger partial charge in [-0.15, -0.1) is 11.3 Å². The largest absolute Gasteiger partial charge is 0.495 e. The van der Waals surface area contributed by atoms with E-state index in [0.717, 1.165) is 35.8 Å². The van der Waals surface area contributed by atoms with Gasteiger partial charge in [-0.1, -0.05) is 18.2 Å². The zero-order valence-electron chi connectivity index (χ0n) is 14.9. The summed E-state index contributed by atoms with van der Waals surface area (Å²) >= 11 is 1.42. The van der Waals surface area contributed by atoms with Crippen LogP contribution < -0.4 is 15.0 Å². The zero-order chi connectivity index (χ0) is 18.4. The minimum absolute atomic E-state index is 0.0402. The lowest BCUT2D eigenvalue weighted by Crippen LogP contribution is -2.31. The number of ether oxygens (including phenoxy) is 1. The van der Waals surface area contributed by atoms with Gasteiger partial charge in [0.25, 0.3) is 0 Å². The van der Waals surface area contributed by atoms with E-state index in [1.54, 1.807) is 13.2 Å². The number of hydrogen-bond acceptors (Lipinski definition) is 5. The predicted molar refractivity (Wildman–Crippen MR) is 104 cm³/mol. The Balaban J connectivity index is 1.41. The topological polar surface area (TPSA) is 58.6 Å². The summed E-state index contributed by atoms with van der Waals surface area (Å²) in [6, 6.07) is 11.7. The molecule has 2 heterocycles. The Morgan fingerprint density at radius 2 is 2.08 bits per heavy atom. The lowest BCUT2D eigenvalue weighted by molar-refractivity contribution is -0.121. The fraction of sp³-hybridized carbons (Fsp3) is 0.400. The van der Waals surface area contributed by atoms with Crippen molar-refractivity contribution in [3.05, 3.63) is 46.7 Å². The number of hydrogen-bond donors (Lipinski definition) is 1. The molecule has 1 amide bonds. The number of para-hydroxylation sites is 2. The van der Waals surface area contributed by atoms with E-state index in [1.165, 1.54) is 11.3 Å². The first-order valence-corrected chi connectivity index (χ1v) is 9.76. The van der Waals surface area contributed by atoms with Crippen LogP contribution in [-0.4, -0.2) is 38.4 Å². The summed E-state index contributed by atoms with van der Waals surface area (Å²) in [7, 11) is 1.68. The van der Waals surface area contributed by atoms with Crippen molar-refractivity contribution in [2.24, 2.45) is 5.92 Å². The maximum absolute atomic E-state index is 12.0. The molecule has 1 unspecified atom stereocenters. The number of amides is 1. The monoisotopic (exact) mass is 372 g/mol. The van der Waals surface area contributed by atoms with E-state index in [9.17, 15) is 9.59 Å². The minimum Gasteiger partial charge on any atom is -0.495 e. The van der Waals surface area contributed by atoms with Crippen molar-refractivity contribution in [1.82, 2.24) is 5.32 Å². The van der Waals surface area contributed by atoms with E-state index in [-0.39, 0.29) is 24.5 Å². The lowest BCUT2D eigenvalue weighted by atomic mass is 10.1. The first-order valence-electron chi connectivity index (χ1n) is 8.88. The van der Waals surface area contributed by atoms with Crippen LogP contribution >= 0.6 is 11.3 Å². The second-order valence-electron chi connectivity index (χ2n) is 6.48. The van der Waals surface area contributed by atoms with Gasteiger partial charge in [0.05, 0.1) is 17.7 Å². The van der Waals surface area contributed by atoms with Crippen LogP contribution in [0.1, 0.15) is 28.9 Å². The second-order valence-corrected chi connectivity index (χ2v) is 7.42. The molecule has 1 aliphatic heterocycles. The van der Waals surface area contributed by atoms with Gasteiger partial charge in [-0.3, -0.25) is 9.59 Å². The fourth-order valence-corrected chi connectivity index (χ4v) is 3.94. The Morgan fingerprint density at radius 3 is 2.85 bits per heavy atom. The number of methoxy groups -OCH3 is 1. The van der Waals surface area contributed by atoms with Gasteiger partial charge in [0.1, 0.15) is 5.75 Å². The second kappa shape index (κ2) is 8.85. The lowest BCUT2D eigenvalue weighted by Gasteiger charge is -2.21. The molecular weight excluding hydrogens is 348 g/mol. The molecule has 1 aliphatic rings. The maximum atomic E-state index is 12.0. The van der Waals surface area contributed by atoms with Gasteiger partial charge in [0, 0.05) is 32.5 Å². The highest BCUT2D eigenvalue weighted by Crippen LogP contribution is 2.31. The Labute approximate surface area is 158 Å². The van der Waals surface area contributed by atoms with E-state index in [4.69, 9.17) is 4.74 Å². The van der Waals surface area contributed by atoms with Crippen LogP contribution in [0.15, 0.2) is 41.8 Å². The number of benzene rings is 1. The van der Waals surface area contributed by atoms with Crippen molar-refractivity contribution in [3.8, 4) is 5.75 Å². The van der Waals surface area contributed by atoms with Crippen molar-refractivity contribution >= 4 is 28.7 Å². The average Bonchev–Trinajstić information content (AvgIpc) is 3.36. The van der Waals surface area contributed by atoms with Crippen molar-refractivity contribution in [2.75, 3.05) is 31.6 Å². The molecule has 6 heteroatoms. The van der Waals surface area contributed by atoms with Gasteiger partial charge in [0.2, 0.25) is 5.91 Å². The van der Waals surface area contributed by atoms with Crippen molar-refractivity contribution < 1.29 is 14.3 Å². The molecule has 0 saturated carbocycles. The third-order valence-corrected chi connectivity index (χ3v) is 5.59. The summed E-state index contributed by atoms with van der Waals surface area (Å²) in [5, 5.41) is 4.86. The third kappa shape index (κ3) is 4.64. The maximum Gasteiger partial charge on any atom is 0.220 e. The molecule has 26 heavy (non-hydrogen) atoms. The molecule has 1 atom stereocenters. The molecule has 0 bridgehead atoms. The molecule has 1 saturated heterocycles. The summed E-state index contributed by atoms with van der Waals surface area (Å²) in [6.07, 6.45) is 1.55. The van der Waals surface area contributed by atoms with E-state index < -0.39 is 0 Å². The molecule has 2 aromatic rings. The Hall–Kier alpha value is -2.34. The van der Waals surface area contributed by atoms with E-state index in [1.807, 2.05) is 29.6 Å². The number of carbonyl (C=O) groups is 2. The number of nitrogens with zero attached hydrogens (tertiary/aromatic N) is 1. The fourth-order valence-electron chi connectivity index (χ4n) is 3.24. The summed E-state index contributed by atoms with van der Waals surface area (Å²) in [6.45, 7) is 2.50.